The molecule has 0 aliphatic heterocycles. The summed E-state index contributed by atoms with van der Waals surface area (Å²) >= 11 is 12.0. The van der Waals surface area contributed by atoms with E-state index in [9.17, 15) is 4.79 Å². The first-order chi connectivity index (χ1) is 8.97. The van der Waals surface area contributed by atoms with Gasteiger partial charge in [0.2, 0.25) is 0 Å². The maximum atomic E-state index is 12.3. The molecule has 1 nitrogen and oxygen atoms in total. The molecule has 0 aliphatic rings. The minimum atomic E-state index is 0.0605. The van der Waals surface area contributed by atoms with Crippen molar-refractivity contribution in [3.63, 3.8) is 0 Å². The number of ketones is 1. The van der Waals surface area contributed by atoms with Gasteiger partial charge in [-0.25, -0.2) is 0 Å². The monoisotopic (exact) mass is 292 g/mol. The third kappa shape index (κ3) is 3.37. The standard InChI is InChI=1S/C16H14Cl2O/c1-10-3-4-11(2)14(7-10)16(19)9-12-8-13(17)5-6-15(12)18/h3-8H,9H2,1-2H3. The number of halogens is 2. The summed E-state index contributed by atoms with van der Waals surface area (Å²) in [5.41, 5.74) is 3.57. The Labute approximate surface area is 123 Å². The van der Waals surface area contributed by atoms with E-state index in [-0.39, 0.29) is 12.2 Å². The van der Waals surface area contributed by atoms with E-state index in [1.807, 2.05) is 32.0 Å². The third-order valence-corrected chi connectivity index (χ3v) is 3.66. The highest BCUT2D eigenvalue weighted by atomic mass is 35.5. The molecule has 2 aromatic carbocycles. The number of carbonyl (C=O) groups is 1. The third-order valence-electron chi connectivity index (χ3n) is 3.05. The van der Waals surface area contributed by atoms with Gasteiger partial charge in [0.05, 0.1) is 0 Å². The van der Waals surface area contributed by atoms with Gasteiger partial charge in [-0.3, -0.25) is 4.79 Å². The van der Waals surface area contributed by atoms with Crippen LogP contribution in [0.5, 0.6) is 0 Å². The van der Waals surface area contributed by atoms with Gasteiger partial charge in [-0.15, -0.1) is 0 Å². The Morgan fingerprint density at radius 1 is 1.05 bits per heavy atom. The molecule has 0 aromatic heterocycles. The highest BCUT2D eigenvalue weighted by Gasteiger charge is 2.12. The Hall–Kier alpha value is -1.31. The lowest BCUT2D eigenvalue weighted by Gasteiger charge is -2.08. The van der Waals surface area contributed by atoms with Gasteiger partial charge in [0, 0.05) is 22.0 Å². The van der Waals surface area contributed by atoms with Crippen molar-refractivity contribution in [1.82, 2.24) is 0 Å². The first-order valence-electron chi connectivity index (χ1n) is 6.02. The largest absolute Gasteiger partial charge is 0.294 e. The summed E-state index contributed by atoms with van der Waals surface area (Å²) in [6, 6.07) is 11.1. The number of benzene rings is 2. The van der Waals surface area contributed by atoms with E-state index in [4.69, 9.17) is 23.2 Å². The van der Waals surface area contributed by atoms with E-state index < -0.39 is 0 Å². The molecule has 2 rings (SSSR count). The van der Waals surface area contributed by atoms with Crippen LogP contribution in [0.1, 0.15) is 27.0 Å². The lowest BCUT2D eigenvalue weighted by Crippen LogP contribution is -2.06. The lowest BCUT2D eigenvalue weighted by molar-refractivity contribution is 0.0992. The van der Waals surface area contributed by atoms with Crippen LogP contribution < -0.4 is 0 Å². The maximum absolute atomic E-state index is 12.3. The summed E-state index contributed by atoms with van der Waals surface area (Å²) in [6.45, 7) is 3.91. The van der Waals surface area contributed by atoms with Crippen LogP contribution in [0.2, 0.25) is 10.0 Å². The number of rotatable bonds is 3. The van der Waals surface area contributed by atoms with E-state index >= 15 is 0 Å². The minimum absolute atomic E-state index is 0.0605. The molecule has 0 fully saturated rings. The zero-order chi connectivity index (χ0) is 14.0. The molecule has 0 spiro atoms. The van der Waals surface area contributed by atoms with Gasteiger partial charge in [0.25, 0.3) is 0 Å². The molecule has 0 aliphatic carbocycles. The fourth-order valence-corrected chi connectivity index (χ4v) is 2.36. The van der Waals surface area contributed by atoms with E-state index in [1.54, 1.807) is 18.2 Å². The Bertz CT molecular complexity index is 633. The molecule has 0 bridgehead atoms. The van der Waals surface area contributed by atoms with Gasteiger partial charge in [-0.1, -0.05) is 40.9 Å². The van der Waals surface area contributed by atoms with Gasteiger partial charge < -0.3 is 0 Å². The van der Waals surface area contributed by atoms with Crippen LogP contribution in [-0.4, -0.2) is 5.78 Å². The predicted octanol–water partition coefficient (Wildman–Crippen LogP) is 5.04. The molecule has 0 heterocycles. The molecular weight excluding hydrogens is 279 g/mol. The number of aryl methyl sites for hydroxylation is 2. The smallest absolute Gasteiger partial charge is 0.167 e. The highest BCUT2D eigenvalue weighted by Crippen LogP contribution is 2.23. The normalized spacial score (nSPS) is 10.5. The van der Waals surface area contributed by atoms with Crippen LogP contribution >= 0.6 is 23.2 Å². The maximum Gasteiger partial charge on any atom is 0.167 e. The summed E-state index contributed by atoms with van der Waals surface area (Å²) in [5.74, 6) is 0.0605. The van der Waals surface area contributed by atoms with Crippen molar-refractivity contribution in [2.75, 3.05) is 0 Å². The average Bonchev–Trinajstić information content (AvgIpc) is 2.36. The van der Waals surface area contributed by atoms with Crippen LogP contribution in [0.4, 0.5) is 0 Å². The van der Waals surface area contributed by atoms with Crippen molar-refractivity contribution >= 4 is 29.0 Å². The van der Waals surface area contributed by atoms with Crippen LogP contribution in [0.25, 0.3) is 0 Å². The molecule has 0 N–H and O–H groups in total. The van der Waals surface area contributed by atoms with Crippen molar-refractivity contribution in [3.8, 4) is 0 Å². The molecule has 0 saturated heterocycles. The van der Waals surface area contributed by atoms with E-state index in [1.165, 1.54) is 0 Å². The number of carbonyl (C=O) groups excluding carboxylic acids is 1. The van der Waals surface area contributed by atoms with Crippen LogP contribution in [-0.2, 0) is 6.42 Å². The molecule has 3 heteroatoms. The number of hydrogen-bond acceptors (Lipinski definition) is 1. The van der Waals surface area contributed by atoms with Crippen molar-refractivity contribution in [3.05, 3.63) is 68.7 Å². The molecule has 0 unspecified atom stereocenters. The summed E-state index contributed by atoms with van der Waals surface area (Å²) in [7, 11) is 0. The van der Waals surface area contributed by atoms with Crippen molar-refractivity contribution in [2.45, 2.75) is 20.3 Å². The van der Waals surface area contributed by atoms with E-state index in [0.717, 1.165) is 22.3 Å². The van der Waals surface area contributed by atoms with Crippen molar-refractivity contribution in [1.29, 1.82) is 0 Å². The highest BCUT2D eigenvalue weighted by molar-refractivity contribution is 6.33. The van der Waals surface area contributed by atoms with Crippen LogP contribution in [0.3, 0.4) is 0 Å². The zero-order valence-corrected chi connectivity index (χ0v) is 12.3. The summed E-state index contributed by atoms with van der Waals surface area (Å²) in [6.07, 6.45) is 0.268. The summed E-state index contributed by atoms with van der Waals surface area (Å²) < 4.78 is 0. The van der Waals surface area contributed by atoms with Gasteiger partial charge >= 0.3 is 0 Å². The van der Waals surface area contributed by atoms with E-state index in [2.05, 4.69) is 0 Å². The second-order valence-electron chi connectivity index (χ2n) is 4.65. The summed E-state index contributed by atoms with van der Waals surface area (Å²) in [5, 5.41) is 1.16. The Balaban J connectivity index is 2.30. The molecule has 98 valence electrons. The Morgan fingerprint density at radius 2 is 1.79 bits per heavy atom. The molecular formula is C16H14Cl2O. The topological polar surface area (TPSA) is 17.1 Å². The number of hydrogen-bond donors (Lipinski definition) is 0. The minimum Gasteiger partial charge on any atom is -0.294 e. The predicted molar refractivity (Wildman–Crippen MR) is 80.4 cm³/mol. The molecule has 0 atom stereocenters. The SMILES string of the molecule is Cc1ccc(C)c(C(=O)Cc2cc(Cl)ccc2Cl)c1. The van der Waals surface area contributed by atoms with Gasteiger partial charge in [-0.05, 0) is 49.2 Å². The van der Waals surface area contributed by atoms with Crippen LogP contribution in [0.15, 0.2) is 36.4 Å². The Kier molecular flexibility index (Phi) is 4.28. The van der Waals surface area contributed by atoms with Crippen LogP contribution in [0, 0.1) is 13.8 Å². The molecule has 2 aromatic rings. The zero-order valence-electron chi connectivity index (χ0n) is 10.8. The van der Waals surface area contributed by atoms with Gasteiger partial charge in [0.15, 0.2) is 5.78 Å². The fraction of sp³-hybridized carbons (Fsp3) is 0.188. The summed E-state index contributed by atoms with van der Waals surface area (Å²) in [4.78, 5) is 12.3. The quantitative estimate of drug-likeness (QED) is 0.725. The lowest BCUT2D eigenvalue weighted by atomic mass is 9.97. The second-order valence-corrected chi connectivity index (χ2v) is 5.50. The van der Waals surface area contributed by atoms with Gasteiger partial charge in [0.1, 0.15) is 0 Å². The second kappa shape index (κ2) is 5.77. The number of Topliss-reactive ketones (excluding diaryl/α,β-unsaturated/α-hetero) is 1. The molecule has 19 heavy (non-hydrogen) atoms. The molecule has 0 radical (unpaired) electrons. The van der Waals surface area contributed by atoms with Crippen molar-refractivity contribution < 1.29 is 4.79 Å². The fourth-order valence-electron chi connectivity index (χ4n) is 1.98. The average molecular weight is 293 g/mol. The van der Waals surface area contributed by atoms with Crippen molar-refractivity contribution in [2.24, 2.45) is 0 Å². The molecule has 0 saturated carbocycles. The first-order valence-corrected chi connectivity index (χ1v) is 6.77. The molecule has 0 amide bonds. The first kappa shape index (κ1) is 14.1. The Morgan fingerprint density at radius 3 is 2.53 bits per heavy atom. The van der Waals surface area contributed by atoms with E-state index in [0.29, 0.717) is 10.0 Å². The van der Waals surface area contributed by atoms with Gasteiger partial charge in [-0.2, -0.15) is 0 Å².